The molecule has 0 radical (unpaired) electrons. The Labute approximate surface area is 144 Å². The number of aromatic nitrogens is 1. The summed E-state index contributed by atoms with van der Waals surface area (Å²) in [4.78, 5) is 16.7. The summed E-state index contributed by atoms with van der Waals surface area (Å²) in [6.45, 7) is 2.63. The molecule has 24 heavy (non-hydrogen) atoms. The molecule has 0 spiro atoms. The van der Waals surface area contributed by atoms with Gasteiger partial charge in [-0.2, -0.15) is 0 Å². The number of carbonyl (C=O) groups excluding carboxylic acids is 1. The van der Waals surface area contributed by atoms with E-state index in [1.165, 1.54) is 11.1 Å². The van der Waals surface area contributed by atoms with E-state index in [-0.39, 0.29) is 11.9 Å². The molecule has 0 bridgehead atoms. The lowest BCUT2D eigenvalue weighted by Crippen LogP contribution is -2.40. The van der Waals surface area contributed by atoms with E-state index in [2.05, 4.69) is 29.4 Å². The van der Waals surface area contributed by atoms with Crippen molar-refractivity contribution in [3.05, 3.63) is 65.5 Å². The van der Waals surface area contributed by atoms with Gasteiger partial charge in [0.15, 0.2) is 0 Å². The van der Waals surface area contributed by atoms with Crippen molar-refractivity contribution in [2.45, 2.75) is 38.6 Å². The lowest BCUT2D eigenvalue weighted by Gasteiger charge is -2.18. The quantitative estimate of drug-likeness (QED) is 0.768. The smallest absolute Gasteiger partial charge is 0.270 e. The number of amides is 1. The Balaban J connectivity index is 1.96. The first-order valence-corrected chi connectivity index (χ1v) is 8.51. The number of unbranched alkanes of at least 4 members (excludes halogenated alkanes) is 1. The molecule has 1 aromatic heterocycles. The number of pyridine rings is 1. The van der Waals surface area contributed by atoms with Gasteiger partial charge in [0.2, 0.25) is 0 Å². The number of methoxy groups -OCH3 is 1. The highest BCUT2D eigenvalue weighted by Crippen LogP contribution is 2.07. The molecule has 4 nitrogen and oxygen atoms in total. The molecule has 128 valence electrons. The van der Waals surface area contributed by atoms with Crippen LogP contribution in [0.3, 0.4) is 0 Å². The van der Waals surface area contributed by atoms with Gasteiger partial charge in [-0.05, 0) is 36.5 Å². The minimum absolute atomic E-state index is 0.0773. The Bertz CT molecular complexity index is 611. The molecule has 2 rings (SSSR count). The fourth-order valence-electron chi connectivity index (χ4n) is 2.60. The number of nitrogens with zero attached hydrogens (tertiary/aromatic N) is 1. The molecule has 0 saturated carbocycles. The normalized spacial score (nSPS) is 11.9. The van der Waals surface area contributed by atoms with Gasteiger partial charge in [0.1, 0.15) is 5.69 Å². The highest BCUT2D eigenvalue weighted by molar-refractivity contribution is 5.92. The summed E-state index contributed by atoms with van der Waals surface area (Å²) in [7, 11) is 1.64. The topological polar surface area (TPSA) is 51.2 Å². The van der Waals surface area contributed by atoms with Gasteiger partial charge in [0.05, 0.1) is 12.6 Å². The van der Waals surface area contributed by atoms with Crippen LogP contribution in [0.25, 0.3) is 0 Å². The summed E-state index contributed by atoms with van der Waals surface area (Å²) < 4.78 is 5.24. The second-order valence-electron chi connectivity index (χ2n) is 5.97. The highest BCUT2D eigenvalue weighted by atomic mass is 16.5. The fourth-order valence-corrected chi connectivity index (χ4v) is 2.60. The maximum absolute atomic E-state index is 12.4. The molecule has 4 heteroatoms. The van der Waals surface area contributed by atoms with Gasteiger partial charge >= 0.3 is 0 Å². The van der Waals surface area contributed by atoms with Crippen LogP contribution in [0.1, 0.15) is 41.4 Å². The number of hydrogen-bond donors (Lipinski definition) is 1. The second-order valence-corrected chi connectivity index (χ2v) is 5.97. The minimum atomic E-state index is -0.157. The first kappa shape index (κ1) is 18.1. The van der Waals surface area contributed by atoms with E-state index >= 15 is 0 Å². The fraction of sp³-hybridized carbons (Fsp3) is 0.400. The van der Waals surface area contributed by atoms with Crippen molar-refractivity contribution < 1.29 is 9.53 Å². The van der Waals surface area contributed by atoms with Gasteiger partial charge in [-0.25, -0.2) is 0 Å². The van der Waals surface area contributed by atoms with Crippen molar-refractivity contribution in [1.29, 1.82) is 0 Å². The number of nitrogens with one attached hydrogen (secondary N) is 1. The van der Waals surface area contributed by atoms with E-state index in [1.807, 2.05) is 24.3 Å². The largest absolute Gasteiger partial charge is 0.383 e. The second kappa shape index (κ2) is 9.83. The molecule has 1 N–H and O–H groups in total. The third-order valence-corrected chi connectivity index (χ3v) is 3.90. The third kappa shape index (κ3) is 5.78. The standard InChI is InChI=1S/C20H26N2O2/c1-3-4-8-17-11-12-19(21-14-17)20(23)22-18(15-24-2)13-16-9-6-5-7-10-16/h5-7,9-12,14,18H,3-4,8,13,15H2,1-2H3,(H,22,23)/t18-/m0/s1. The van der Waals surface area contributed by atoms with Gasteiger partial charge in [0.25, 0.3) is 5.91 Å². The van der Waals surface area contributed by atoms with Crippen molar-refractivity contribution in [2.75, 3.05) is 13.7 Å². The number of hydrogen-bond acceptors (Lipinski definition) is 3. The molecule has 1 amide bonds. The molecule has 0 unspecified atom stereocenters. The van der Waals surface area contributed by atoms with Crippen LogP contribution in [0, 0.1) is 0 Å². The predicted octanol–water partition coefficient (Wildman–Crippen LogP) is 3.41. The SMILES string of the molecule is CCCCc1ccc(C(=O)N[C@H](COC)Cc2ccccc2)nc1. The summed E-state index contributed by atoms with van der Waals surface area (Å²) in [5.41, 5.74) is 2.79. The summed E-state index contributed by atoms with van der Waals surface area (Å²) in [6, 6.07) is 13.8. The van der Waals surface area contributed by atoms with Gasteiger partial charge in [0, 0.05) is 13.3 Å². The molecule has 2 aromatic rings. The van der Waals surface area contributed by atoms with Gasteiger partial charge < -0.3 is 10.1 Å². The third-order valence-electron chi connectivity index (χ3n) is 3.90. The van der Waals surface area contributed by atoms with Crippen molar-refractivity contribution in [3.63, 3.8) is 0 Å². The van der Waals surface area contributed by atoms with Crippen molar-refractivity contribution in [1.82, 2.24) is 10.3 Å². The number of benzene rings is 1. The number of ether oxygens (including phenoxy) is 1. The van der Waals surface area contributed by atoms with E-state index in [0.29, 0.717) is 12.3 Å². The van der Waals surface area contributed by atoms with Crippen molar-refractivity contribution in [2.24, 2.45) is 0 Å². The zero-order valence-electron chi connectivity index (χ0n) is 14.5. The van der Waals surface area contributed by atoms with Crippen LogP contribution in [0.2, 0.25) is 0 Å². The molecule has 0 fully saturated rings. The Kier molecular flexibility index (Phi) is 7.43. The summed E-state index contributed by atoms with van der Waals surface area (Å²) >= 11 is 0. The monoisotopic (exact) mass is 326 g/mol. The van der Waals surface area contributed by atoms with E-state index < -0.39 is 0 Å². The first-order chi connectivity index (χ1) is 11.7. The number of carbonyl (C=O) groups is 1. The van der Waals surface area contributed by atoms with Crippen LogP contribution >= 0.6 is 0 Å². The Hall–Kier alpha value is -2.20. The molecule has 0 aliphatic heterocycles. The maximum Gasteiger partial charge on any atom is 0.270 e. The maximum atomic E-state index is 12.4. The molecular weight excluding hydrogens is 300 g/mol. The van der Waals surface area contributed by atoms with Crippen LogP contribution in [-0.4, -0.2) is 30.6 Å². The summed E-state index contributed by atoms with van der Waals surface area (Å²) in [5.74, 6) is -0.157. The molecular formula is C20H26N2O2. The zero-order chi connectivity index (χ0) is 17.2. The number of aryl methyl sites for hydroxylation is 1. The first-order valence-electron chi connectivity index (χ1n) is 8.51. The van der Waals surface area contributed by atoms with E-state index in [1.54, 1.807) is 19.4 Å². The molecule has 0 aliphatic rings. The van der Waals surface area contributed by atoms with Crippen molar-refractivity contribution in [3.8, 4) is 0 Å². The molecule has 1 heterocycles. The molecule has 1 aromatic carbocycles. The zero-order valence-corrected chi connectivity index (χ0v) is 14.5. The Morgan fingerprint density at radius 1 is 1.17 bits per heavy atom. The Morgan fingerprint density at radius 3 is 2.58 bits per heavy atom. The molecule has 1 atom stereocenters. The molecule has 0 aliphatic carbocycles. The number of rotatable bonds is 9. The van der Waals surface area contributed by atoms with E-state index in [9.17, 15) is 4.79 Å². The van der Waals surface area contributed by atoms with Gasteiger partial charge in [-0.3, -0.25) is 9.78 Å². The lowest BCUT2D eigenvalue weighted by atomic mass is 10.1. The van der Waals surface area contributed by atoms with Crippen LogP contribution < -0.4 is 5.32 Å². The summed E-state index contributed by atoms with van der Waals surface area (Å²) in [5, 5.41) is 3.02. The average Bonchev–Trinajstić information content (AvgIpc) is 2.61. The van der Waals surface area contributed by atoms with E-state index in [4.69, 9.17) is 4.74 Å². The molecule has 0 saturated heterocycles. The van der Waals surface area contributed by atoms with Crippen LogP contribution in [0.15, 0.2) is 48.7 Å². The minimum Gasteiger partial charge on any atom is -0.383 e. The average molecular weight is 326 g/mol. The van der Waals surface area contributed by atoms with Crippen molar-refractivity contribution >= 4 is 5.91 Å². The van der Waals surface area contributed by atoms with Crippen LogP contribution in [0.4, 0.5) is 0 Å². The van der Waals surface area contributed by atoms with E-state index in [0.717, 1.165) is 25.7 Å². The lowest BCUT2D eigenvalue weighted by molar-refractivity contribution is 0.0892. The van der Waals surface area contributed by atoms with Gasteiger partial charge in [-0.1, -0.05) is 49.7 Å². The van der Waals surface area contributed by atoms with Crippen LogP contribution in [0.5, 0.6) is 0 Å². The predicted molar refractivity (Wildman–Crippen MR) is 96.1 cm³/mol. The Morgan fingerprint density at radius 2 is 1.96 bits per heavy atom. The summed E-state index contributed by atoms with van der Waals surface area (Å²) in [6.07, 6.45) is 5.83. The van der Waals surface area contributed by atoms with Crippen LogP contribution in [-0.2, 0) is 17.6 Å². The highest BCUT2D eigenvalue weighted by Gasteiger charge is 2.15. The van der Waals surface area contributed by atoms with Gasteiger partial charge in [-0.15, -0.1) is 0 Å².